The first kappa shape index (κ1) is 9.72. The summed E-state index contributed by atoms with van der Waals surface area (Å²) in [5, 5.41) is 1.32. The van der Waals surface area contributed by atoms with Crippen molar-refractivity contribution < 1.29 is 4.79 Å². The van der Waals surface area contributed by atoms with Gasteiger partial charge in [-0.3, -0.25) is 4.79 Å². The van der Waals surface area contributed by atoms with Crippen molar-refractivity contribution in [2.24, 2.45) is 0 Å². The van der Waals surface area contributed by atoms with Crippen LogP contribution in [0.25, 0.3) is 0 Å². The summed E-state index contributed by atoms with van der Waals surface area (Å²) >= 11 is 1.32. The largest absolute Gasteiger partial charge is 0.298 e. The molecule has 0 N–H and O–H groups in total. The number of hydrogen-bond donors (Lipinski definition) is 0. The topological polar surface area (TPSA) is 68.6 Å². The first-order valence-electron chi connectivity index (χ1n) is 4.09. The van der Waals surface area contributed by atoms with Crippen LogP contribution in [-0.4, -0.2) is 26.2 Å². The molecule has 0 spiro atoms. The van der Waals surface area contributed by atoms with Crippen LogP contribution in [-0.2, 0) is 0 Å². The number of nitrogens with zero attached hydrogens (tertiary/aromatic N) is 4. The van der Waals surface area contributed by atoms with Gasteiger partial charge in [0.25, 0.3) is 0 Å². The maximum absolute atomic E-state index is 10.4. The average Bonchev–Trinajstić information content (AvgIpc) is 2.31. The summed E-state index contributed by atoms with van der Waals surface area (Å²) < 4.78 is 0. The fourth-order valence-corrected chi connectivity index (χ4v) is 1.50. The highest BCUT2D eigenvalue weighted by Gasteiger charge is 2.00. The van der Waals surface area contributed by atoms with Gasteiger partial charge in [0, 0.05) is 18.6 Å². The zero-order valence-corrected chi connectivity index (χ0v) is 8.39. The van der Waals surface area contributed by atoms with Crippen molar-refractivity contribution in [1.82, 2.24) is 19.9 Å². The quantitative estimate of drug-likeness (QED) is 0.438. The van der Waals surface area contributed by atoms with Crippen molar-refractivity contribution in [2.75, 3.05) is 0 Å². The molecule has 0 aliphatic rings. The van der Waals surface area contributed by atoms with Crippen molar-refractivity contribution in [3.05, 3.63) is 36.5 Å². The lowest BCUT2D eigenvalue weighted by molar-refractivity contribution is 0.112. The van der Waals surface area contributed by atoms with Crippen molar-refractivity contribution in [1.29, 1.82) is 0 Å². The Morgan fingerprint density at radius 2 is 2.00 bits per heavy atom. The van der Waals surface area contributed by atoms with Gasteiger partial charge in [-0.05, 0) is 17.8 Å². The molecule has 0 unspecified atom stereocenters. The molecule has 5 nitrogen and oxygen atoms in total. The van der Waals surface area contributed by atoms with E-state index in [1.807, 2.05) is 0 Å². The lowest BCUT2D eigenvalue weighted by atomic mass is 10.4. The smallest absolute Gasteiger partial charge is 0.193 e. The van der Waals surface area contributed by atoms with Gasteiger partial charge in [-0.2, -0.15) is 0 Å². The van der Waals surface area contributed by atoms with Crippen molar-refractivity contribution in [3.8, 4) is 0 Å². The Bertz CT molecular complexity index is 445. The fourth-order valence-electron chi connectivity index (χ4n) is 0.872. The van der Waals surface area contributed by atoms with E-state index in [0.717, 1.165) is 5.03 Å². The number of hydrogen-bond acceptors (Lipinski definition) is 6. The number of rotatable bonds is 3. The molecule has 0 amide bonds. The van der Waals surface area contributed by atoms with Gasteiger partial charge >= 0.3 is 0 Å². The molecule has 0 saturated heterocycles. The van der Waals surface area contributed by atoms with Crippen LogP contribution in [0.15, 0.2) is 41.2 Å². The molecular formula is C9H6N4OS. The van der Waals surface area contributed by atoms with E-state index < -0.39 is 0 Å². The molecular weight excluding hydrogens is 212 g/mol. The van der Waals surface area contributed by atoms with Gasteiger partial charge in [-0.25, -0.2) is 19.9 Å². The lowest BCUT2D eigenvalue weighted by Crippen LogP contribution is -1.90. The van der Waals surface area contributed by atoms with Crippen LogP contribution in [0.2, 0.25) is 0 Å². The second-order valence-electron chi connectivity index (χ2n) is 2.57. The van der Waals surface area contributed by atoms with Gasteiger partial charge in [0.05, 0.1) is 5.56 Å². The zero-order valence-electron chi connectivity index (χ0n) is 7.57. The molecule has 2 rings (SSSR count). The number of aldehydes is 1. The SMILES string of the molecule is O=Cc1cnc(Sc2ccncn2)nc1. The Morgan fingerprint density at radius 1 is 1.20 bits per heavy atom. The van der Waals surface area contributed by atoms with Crippen LogP contribution in [0, 0.1) is 0 Å². The molecule has 0 aliphatic carbocycles. The summed E-state index contributed by atoms with van der Waals surface area (Å²) in [6, 6.07) is 1.77. The van der Waals surface area contributed by atoms with E-state index in [2.05, 4.69) is 19.9 Å². The van der Waals surface area contributed by atoms with E-state index in [-0.39, 0.29) is 0 Å². The monoisotopic (exact) mass is 218 g/mol. The molecule has 0 saturated carbocycles. The predicted octanol–water partition coefficient (Wildman–Crippen LogP) is 1.23. The molecule has 2 aromatic heterocycles. The molecule has 0 radical (unpaired) electrons. The van der Waals surface area contributed by atoms with Gasteiger partial charge in [-0.1, -0.05) is 0 Å². The van der Waals surface area contributed by atoms with E-state index >= 15 is 0 Å². The number of carbonyl (C=O) groups is 1. The van der Waals surface area contributed by atoms with E-state index in [1.54, 1.807) is 12.3 Å². The summed E-state index contributed by atoms with van der Waals surface area (Å²) in [7, 11) is 0. The van der Waals surface area contributed by atoms with Crippen molar-refractivity contribution in [3.63, 3.8) is 0 Å². The van der Waals surface area contributed by atoms with Crippen LogP contribution in [0.3, 0.4) is 0 Å². The Hall–Kier alpha value is -1.82. The minimum atomic E-state index is 0.460. The third-order valence-corrected chi connectivity index (χ3v) is 2.38. The third-order valence-electron chi connectivity index (χ3n) is 1.53. The van der Waals surface area contributed by atoms with Crippen LogP contribution < -0.4 is 0 Å². The summed E-state index contributed by atoms with van der Waals surface area (Å²) in [5.74, 6) is 0. The second kappa shape index (κ2) is 4.61. The highest BCUT2D eigenvalue weighted by Crippen LogP contribution is 2.20. The van der Waals surface area contributed by atoms with Crippen LogP contribution in [0.1, 0.15) is 10.4 Å². The van der Waals surface area contributed by atoms with E-state index in [4.69, 9.17) is 0 Å². The first-order valence-corrected chi connectivity index (χ1v) is 4.91. The molecule has 6 heteroatoms. The van der Waals surface area contributed by atoms with Gasteiger partial charge in [0.1, 0.15) is 11.4 Å². The molecule has 74 valence electrons. The van der Waals surface area contributed by atoms with Crippen molar-refractivity contribution >= 4 is 18.0 Å². The Kier molecular flexibility index (Phi) is 2.99. The van der Waals surface area contributed by atoms with E-state index in [1.165, 1.54) is 30.5 Å². The number of aromatic nitrogens is 4. The Labute approximate surface area is 90.0 Å². The maximum atomic E-state index is 10.4. The Morgan fingerprint density at radius 3 is 2.60 bits per heavy atom. The Balaban J connectivity index is 2.15. The minimum Gasteiger partial charge on any atom is -0.298 e. The van der Waals surface area contributed by atoms with Gasteiger partial charge < -0.3 is 0 Å². The van der Waals surface area contributed by atoms with Crippen LogP contribution in [0.5, 0.6) is 0 Å². The summed E-state index contributed by atoms with van der Waals surface area (Å²) in [4.78, 5) is 26.2. The molecule has 0 bridgehead atoms. The van der Waals surface area contributed by atoms with E-state index in [9.17, 15) is 4.79 Å². The zero-order chi connectivity index (χ0) is 10.5. The molecule has 0 aromatic carbocycles. The molecule has 0 fully saturated rings. The molecule has 2 heterocycles. The first-order chi connectivity index (χ1) is 7.38. The normalized spacial score (nSPS) is 9.87. The van der Waals surface area contributed by atoms with Crippen LogP contribution >= 0.6 is 11.8 Å². The maximum Gasteiger partial charge on any atom is 0.193 e. The minimum absolute atomic E-state index is 0.460. The number of carbonyl (C=O) groups excluding carboxylic acids is 1. The fraction of sp³-hybridized carbons (Fsp3) is 0. The third kappa shape index (κ3) is 2.57. The lowest BCUT2D eigenvalue weighted by Gasteiger charge is -1.97. The standard InChI is InChI=1S/C9H6N4OS/c14-5-7-3-11-9(12-4-7)15-8-1-2-10-6-13-8/h1-6H. The van der Waals surface area contributed by atoms with Crippen LogP contribution in [0.4, 0.5) is 0 Å². The molecule has 2 aromatic rings. The summed E-state index contributed by atoms with van der Waals surface area (Å²) in [6.07, 6.45) is 6.77. The van der Waals surface area contributed by atoms with Gasteiger partial charge in [0.2, 0.25) is 0 Å². The van der Waals surface area contributed by atoms with Gasteiger partial charge in [0.15, 0.2) is 11.4 Å². The van der Waals surface area contributed by atoms with Crippen molar-refractivity contribution in [2.45, 2.75) is 10.2 Å². The predicted molar refractivity (Wildman–Crippen MR) is 53.6 cm³/mol. The summed E-state index contributed by atoms with van der Waals surface area (Å²) in [6.45, 7) is 0. The average molecular weight is 218 g/mol. The molecule has 0 aliphatic heterocycles. The molecule has 0 atom stereocenters. The summed E-state index contributed by atoms with van der Waals surface area (Å²) in [5.41, 5.74) is 0.460. The highest BCUT2D eigenvalue weighted by atomic mass is 32.2. The molecule has 15 heavy (non-hydrogen) atoms. The highest BCUT2D eigenvalue weighted by molar-refractivity contribution is 7.99. The van der Waals surface area contributed by atoms with E-state index in [0.29, 0.717) is 17.0 Å². The second-order valence-corrected chi connectivity index (χ2v) is 3.55. The van der Waals surface area contributed by atoms with Gasteiger partial charge in [-0.15, -0.1) is 0 Å².